The van der Waals surface area contributed by atoms with E-state index in [9.17, 15) is 9.18 Å². The van der Waals surface area contributed by atoms with Crippen molar-refractivity contribution >= 4 is 12.0 Å². The molecule has 0 radical (unpaired) electrons. The molecule has 0 amide bonds. The second-order valence-electron chi connectivity index (χ2n) is 5.52. The van der Waals surface area contributed by atoms with Crippen molar-refractivity contribution in [2.45, 2.75) is 25.8 Å². The number of rotatable bonds is 6. The number of aliphatic carboxylic acids is 1. The molecule has 1 aliphatic rings. The SMILES string of the molecule is CN(Cc1ccc(C=CC(=O)O)cc1F)CC1CCC1. The Labute approximate surface area is 118 Å². The van der Waals surface area contributed by atoms with Gasteiger partial charge in [0.2, 0.25) is 0 Å². The molecule has 0 atom stereocenters. The average molecular weight is 277 g/mol. The maximum absolute atomic E-state index is 14.0. The Morgan fingerprint density at radius 3 is 2.80 bits per heavy atom. The van der Waals surface area contributed by atoms with E-state index in [0.29, 0.717) is 17.7 Å². The van der Waals surface area contributed by atoms with E-state index in [1.54, 1.807) is 12.1 Å². The highest BCUT2D eigenvalue weighted by molar-refractivity contribution is 5.85. The van der Waals surface area contributed by atoms with Crippen molar-refractivity contribution in [2.24, 2.45) is 5.92 Å². The summed E-state index contributed by atoms with van der Waals surface area (Å²) in [6.45, 7) is 1.60. The third kappa shape index (κ3) is 4.17. The smallest absolute Gasteiger partial charge is 0.328 e. The minimum absolute atomic E-state index is 0.280. The second-order valence-corrected chi connectivity index (χ2v) is 5.52. The first-order valence-electron chi connectivity index (χ1n) is 6.92. The van der Waals surface area contributed by atoms with Gasteiger partial charge in [-0.3, -0.25) is 0 Å². The molecule has 108 valence electrons. The predicted octanol–water partition coefficient (Wildman–Crippen LogP) is 3.16. The number of benzene rings is 1. The number of hydrogen-bond donors (Lipinski definition) is 1. The van der Waals surface area contributed by atoms with E-state index >= 15 is 0 Å². The van der Waals surface area contributed by atoms with Crippen molar-refractivity contribution in [3.8, 4) is 0 Å². The third-order valence-electron chi connectivity index (χ3n) is 3.73. The predicted molar refractivity (Wildman–Crippen MR) is 76.7 cm³/mol. The summed E-state index contributed by atoms with van der Waals surface area (Å²) in [5.41, 5.74) is 1.22. The van der Waals surface area contributed by atoms with Gasteiger partial charge < -0.3 is 10.0 Å². The van der Waals surface area contributed by atoms with Crippen LogP contribution in [0, 0.1) is 11.7 Å². The minimum atomic E-state index is -1.03. The van der Waals surface area contributed by atoms with Gasteiger partial charge in [0.15, 0.2) is 0 Å². The molecule has 20 heavy (non-hydrogen) atoms. The molecule has 1 saturated carbocycles. The second kappa shape index (κ2) is 6.66. The summed E-state index contributed by atoms with van der Waals surface area (Å²) in [6.07, 6.45) is 6.29. The van der Waals surface area contributed by atoms with Crippen LogP contribution in [0.5, 0.6) is 0 Å². The van der Waals surface area contributed by atoms with Crippen LogP contribution in [0.2, 0.25) is 0 Å². The normalized spacial score (nSPS) is 15.8. The molecule has 0 aliphatic heterocycles. The summed E-state index contributed by atoms with van der Waals surface area (Å²) in [5.74, 6) is -0.548. The molecule has 0 spiro atoms. The van der Waals surface area contributed by atoms with Crippen LogP contribution >= 0.6 is 0 Å². The quantitative estimate of drug-likeness (QED) is 0.812. The highest BCUT2D eigenvalue weighted by Crippen LogP contribution is 2.27. The van der Waals surface area contributed by atoms with Crippen molar-refractivity contribution in [1.29, 1.82) is 0 Å². The number of halogens is 1. The first-order chi connectivity index (χ1) is 9.54. The van der Waals surface area contributed by atoms with Gasteiger partial charge in [-0.25, -0.2) is 9.18 Å². The van der Waals surface area contributed by atoms with Crippen molar-refractivity contribution in [3.05, 3.63) is 41.2 Å². The molecule has 3 nitrogen and oxygen atoms in total. The first-order valence-corrected chi connectivity index (χ1v) is 6.92. The number of carbonyl (C=O) groups is 1. The fourth-order valence-corrected chi connectivity index (χ4v) is 2.43. The van der Waals surface area contributed by atoms with Gasteiger partial charge in [0, 0.05) is 24.7 Å². The van der Waals surface area contributed by atoms with Gasteiger partial charge >= 0.3 is 5.97 Å². The standard InChI is InChI=1S/C16H20FNO2/c1-18(10-13-3-2-4-13)11-14-7-5-12(9-15(14)17)6-8-16(19)20/h5-9,13H,2-4,10-11H2,1H3,(H,19,20). The maximum Gasteiger partial charge on any atom is 0.328 e. The van der Waals surface area contributed by atoms with Gasteiger partial charge in [-0.2, -0.15) is 0 Å². The van der Waals surface area contributed by atoms with E-state index in [4.69, 9.17) is 5.11 Å². The largest absolute Gasteiger partial charge is 0.478 e. The van der Waals surface area contributed by atoms with E-state index in [-0.39, 0.29) is 5.82 Å². The molecule has 2 rings (SSSR count). The van der Waals surface area contributed by atoms with Crippen LogP contribution in [0.15, 0.2) is 24.3 Å². The number of carboxylic acids is 1. The van der Waals surface area contributed by atoms with Crippen LogP contribution in [0.3, 0.4) is 0 Å². The van der Waals surface area contributed by atoms with Gasteiger partial charge in [0.1, 0.15) is 5.82 Å². The average Bonchev–Trinajstić information content (AvgIpc) is 2.34. The molecular formula is C16H20FNO2. The first kappa shape index (κ1) is 14.7. The highest BCUT2D eigenvalue weighted by atomic mass is 19.1. The lowest BCUT2D eigenvalue weighted by Crippen LogP contribution is -2.29. The molecule has 0 aromatic heterocycles. The molecule has 1 N–H and O–H groups in total. The fourth-order valence-electron chi connectivity index (χ4n) is 2.43. The van der Waals surface area contributed by atoms with E-state index in [1.165, 1.54) is 31.4 Å². The molecule has 0 unspecified atom stereocenters. The molecule has 1 aromatic carbocycles. The topological polar surface area (TPSA) is 40.5 Å². The molecule has 0 bridgehead atoms. The van der Waals surface area contributed by atoms with Crippen LogP contribution in [0.25, 0.3) is 6.08 Å². The Kier molecular flexibility index (Phi) is 4.90. The lowest BCUT2D eigenvalue weighted by molar-refractivity contribution is -0.131. The fraction of sp³-hybridized carbons (Fsp3) is 0.438. The van der Waals surface area contributed by atoms with Crippen molar-refractivity contribution in [2.75, 3.05) is 13.6 Å². The Morgan fingerprint density at radius 2 is 2.25 bits per heavy atom. The Balaban J connectivity index is 1.96. The summed E-state index contributed by atoms with van der Waals surface area (Å²) in [7, 11) is 2.01. The zero-order chi connectivity index (χ0) is 14.5. The molecule has 1 aliphatic carbocycles. The van der Waals surface area contributed by atoms with Crippen molar-refractivity contribution < 1.29 is 14.3 Å². The van der Waals surface area contributed by atoms with Crippen LogP contribution in [0.1, 0.15) is 30.4 Å². The van der Waals surface area contributed by atoms with E-state index in [1.807, 2.05) is 7.05 Å². The molecule has 1 aromatic rings. The third-order valence-corrected chi connectivity index (χ3v) is 3.73. The van der Waals surface area contributed by atoms with Crippen molar-refractivity contribution in [3.63, 3.8) is 0 Å². The molecule has 4 heteroatoms. The lowest BCUT2D eigenvalue weighted by Gasteiger charge is -2.30. The van der Waals surface area contributed by atoms with E-state index in [2.05, 4.69) is 4.90 Å². The van der Waals surface area contributed by atoms with Gasteiger partial charge in [-0.05, 0) is 43.5 Å². The van der Waals surface area contributed by atoms with Crippen LogP contribution < -0.4 is 0 Å². The molecule has 1 fully saturated rings. The van der Waals surface area contributed by atoms with E-state index < -0.39 is 5.97 Å². The summed E-state index contributed by atoms with van der Waals surface area (Å²) in [4.78, 5) is 12.6. The molecular weight excluding hydrogens is 257 g/mol. The lowest BCUT2D eigenvalue weighted by atomic mass is 9.85. The minimum Gasteiger partial charge on any atom is -0.478 e. The van der Waals surface area contributed by atoms with E-state index in [0.717, 1.165) is 18.5 Å². The Morgan fingerprint density at radius 1 is 1.50 bits per heavy atom. The highest BCUT2D eigenvalue weighted by Gasteiger charge is 2.19. The zero-order valence-corrected chi connectivity index (χ0v) is 11.7. The monoisotopic (exact) mass is 277 g/mol. The van der Waals surface area contributed by atoms with Gasteiger partial charge in [0.25, 0.3) is 0 Å². The Bertz CT molecular complexity index is 509. The number of nitrogens with zero attached hydrogens (tertiary/aromatic N) is 1. The van der Waals surface area contributed by atoms with Gasteiger partial charge in [-0.1, -0.05) is 18.6 Å². The van der Waals surface area contributed by atoms with Crippen molar-refractivity contribution in [1.82, 2.24) is 4.90 Å². The molecule has 0 heterocycles. The summed E-state index contributed by atoms with van der Waals surface area (Å²) < 4.78 is 14.0. The Hall–Kier alpha value is -1.68. The molecule has 0 saturated heterocycles. The number of hydrogen-bond acceptors (Lipinski definition) is 2. The van der Waals surface area contributed by atoms with Crippen LogP contribution in [-0.2, 0) is 11.3 Å². The summed E-state index contributed by atoms with van der Waals surface area (Å²) in [6, 6.07) is 4.86. The summed E-state index contributed by atoms with van der Waals surface area (Å²) in [5, 5.41) is 8.54. The number of carboxylic acid groups (broad SMARTS) is 1. The zero-order valence-electron chi connectivity index (χ0n) is 11.7. The van der Waals surface area contributed by atoms with Gasteiger partial charge in [0.05, 0.1) is 0 Å². The maximum atomic E-state index is 14.0. The summed E-state index contributed by atoms with van der Waals surface area (Å²) >= 11 is 0. The van der Waals surface area contributed by atoms with Crippen LogP contribution in [0.4, 0.5) is 4.39 Å². The van der Waals surface area contributed by atoms with Gasteiger partial charge in [-0.15, -0.1) is 0 Å². The van der Waals surface area contributed by atoms with Crippen LogP contribution in [-0.4, -0.2) is 29.6 Å².